The maximum atomic E-state index is 12.9. The molecule has 18 heavy (non-hydrogen) atoms. The summed E-state index contributed by atoms with van der Waals surface area (Å²) in [5.41, 5.74) is 12.9. The highest BCUT2D eigenvalue weighted by Crippen LogP contribution is 2.17. The molecule has 0 amide bonds. The molecule has 0 aromatic heterocycles. The molecule has 0 aliphatic rings. The third-order valence-electron chi connectivity index (χ3n) is 2.23. The molecule has 1 aromatic carbocycles. The quantitative estimate of drug-likeness (QED) is 0.820. The van der Waals surface area contributed by atoms with E-state index in [1.807, 2.05) is 32.9 Å². The van der Waals surface area contributed by atoms with Crippen molar-refractivity contribution in [2.24, 2.45) is 11.5 Å². The van der Waals surface area contributed by atoms with E-state index in [0.29, 0.717) is 12.3 Å². The van der Waals surface area contributed by atoms with E-state index in [-0.39, 0.29) is 13.2 Å². The summed E-state index contributed by atoms with van der Waals surface area (Å²) in [6.07, 6.45) is -0.313. The Bertz CT molecular complexity index is 332. The van der Waals surface area contributed by atoms with Gasteiger partial charge in [0.2, 0.25) is 0 Å². The number of aryl methyl sites for hydroxylation is 1. The van der Waals surface area contributed by atoms with Crippen molar-refractivity contribution in [3.8, 4) is 5.75 Å². The van der Waals surface area contributed by atoms with E-state index in [9.17, 15) is 4.39 Å². The smallest absolute Gasteiger partial charge is 0.146 e. The van der Waals surface area contributed by atoms with E-state index < -0.39 is 6.17 Å². The first-order valence-corrected chi connectivity index (χ1v) is 6.43. The van der Waals surface area contributed by atoms with Crippen LogP contribution in [0.15, 0.2) is 18.2 Å². The number of halogens is 1. The maximum absolute atomic E-state index is 12.9. The topological polar surface area (TPSA) is 61.3 Å². The minimum atomic E-state index is -1.11. The lowest BCUT2D eigenvalue weighted by atomic mass is 10.1. The zero-order chi connectivity index (χ0) is 14.0. The van der Waals surface area contributed by atoms with Crippen molar-refractivity contribution in [1.82, 2.24) is 0 Å². The Hall–Kier alpha value is -1.13. The van der Waals surface area contributed by atoms with Crippen LogP contribution in [0.3, 0.4) is 0 Å². The fraction of sp³-hybridized carbons (Fsp3) is 0.571. The minimum absolute atomic E-state index is 0.00200. The highest BCUT2D eigenvalue weighted by molar-refractivity contribution is 5.34. The molecule has 0 fully saturated rings. The van der Waals surface area contributed by atoms with Crippen LogP contribution in [0.5, 0.6) is 5.75 Å². The van der Waals surface area contributed by atoms with Crippen molar-refractivity contribution >= 4 is 0 Å². The van der Waals surface area contributed by atoms with Gasteiger partial charge in [0.1, 0.15) is 18.5 Å². The largest absolute Gasteiger partial charge is 0.490 e. The van der Waals surface area contributed by atoms with Crippen LogP contribution in [0.25, 0.3) is 0 Å². The fourth-order valence-corrected chi connectivity index (χ4v) is 1.47. The van der Waals surface area contributed by atoms with Crippen LogP contribution in [-0.2, 0) is 6.42 Å². The fourth-order valence-electron chi connectivity index (χ4n) is 1.47. The first kappa shape index (κ1) is 16.9. The van der Waals surface area contributed by atoms with Crippen LogP contribution in [0, 0.1) is 6.92 Å². The number of benzene rings is 1. The van der Waals surface area contributed by atoms with Gasteiger partial charge in [0.05, 0.1) is 0 Å². The molecule has 0 heterocycles. The van der Waals surface area contributed by atoms with Gasteiger partial charge in [-0.2, -0.15) is 0 Å². The van der Waals surface area contributed by atoms with Crippen molar-refractivity contribution in [3.63, 3.8) is 0 Å². The van der Waals surface area contributed by atoms with Gasteiger partial charge in [-0.25, -0.2) is 4.39 Å². The molecule has 0 aliphatic carbocycles. The summed E-state index contributed by atoms with van der Waals surface area (Å²) in [4.78, 5) is 0. The number of hydrogen-bond acceptors (Lipinski definition) is 3. The Balaban J connectivity index is 0.00000137. The lowest BCUT2D eigenvalue weighted by Crippen LogP contribution is -2.22. The van der Waals surface area contributed by atoms with Crippen LogP contribution in [0.2, 0.25) is 0 Å². The lowest BCUT2D eigenvalue weighted by Gasteiger charge is -2.11. The van der Waals surface area contributed by atoms with Crippen LogP contribution in [0.4, 0.5) is 4.39 Å². The molecular formula is C14H25FN2O. The molecule has 0 aliphatic heterocycles. The standard InChI is InChI=1S/C12H19FN2O.C2H6/c1-9-4-10(2-3-14)6-12(5-9)16-8-11(13)7-15;1-2/h4-6,11H,2-3,7-8,14-15H2,1H3;1-2H3/t11-;/m1./s1. The summed E-state index contributed by atoms with van der Waals surface area (Å²) in [5, 5.41) is 0. The van der Waals surface area contributed by atoms with E-state index in [1.165, 1.54) is 0 Å². The van der Waals surface area contributed by atoms with Crippen LogP contribution < -0.4 is 16.2 Å². The summed E-state index contributed by atoms with van der Waals surface area (Å²) in [5.74, 6) is 0.680. The summed E-state index contributed by atoms with van der Waals surface area (Å²) in [6, 6.07) is 5.82. The molecule has 1 rings (SSSR count). The van der Waals surface area contributed by atoms with Crippen LogP contribution in [0.1, 0.15) is 25.0 Å². The molecular weight excluding hydrogens is 231 g/mol. The molecule has 104 valence electrons. The molecule has 4 N–H and O–H groups in total. The molecule has 4 heteroatoms. The van der Waals surface area contributed by atoms with Gasteiger partial charge in [-0.1, -0.05) is 19.9 Å². The zero-order valence-electron chi connectivity index (χ0n) is 11.6. The summed E-state index contributed by atoms with van der Waals surface area (Å²) >= 11 is 0. The van der Waals surface area contributed by atoms with E-state index in [0.717, 1.165) is 17.5 Å². The van der Waals surface area contributed by atoms with E-state index >= 15 is 0 Å². The first-order valence-electron chi connectivity index (χ1n) is 6.43. The molecule has 1 aromatic rings. The molecule has 0 radical (unpaired) electrons. The van der Waals surface area contributed by atoms with Crippen LogP contribution >= 0.6 is 0 Å². The third kappa shape index (κ3) is 6.57. The minimum Gasteiger partial charge on any atom is -0.490 e. The van der Waals surface area contributed by atoms with Gasteiger partial charge in [-0.05, 0) is 43.1 Å². The molecule has 0 bridgehead atoms. The lowest BCUT2D eigenvalue weighted by molar-refractivity contribution is 0.201. The highest BCUT2D eigenvalue weighted by atomic mass is 19.1. The predicted molar refractivity (Wildman–Crippen MR) is 74.7 cm³/mol. The Labute approximate surface area is 109 Å². The van der Waals surface area contributed by atoms with Gasteiger partial charge in [-0.15, -0.1) is 0 Å². The third-order valence-corrected chi connectivity index (χ3v) is 2.23. The predicted octanol–water partition coefficient (Wildman–Crippen LogP) is 2.20. The van der Waals surface area contributed by atoms with Gasteiger partial charge in [-0.3, -0.25) is 0 Å². The Morgan fingerprint density at radius 3 is 2.44 bits per heavy atom. The molecule has 0 spiro atoms. The van der Waals surface area contributed by atoms with Crippen molar-refractivity contribution in [1.29, 1.82) is 0 Å². The number of rotatable bonds is 6. The van der Waals surface area contributed by atoms with Gasteiger partial charge in [0.25, 0.3) is 0 Å². The van der Waals surface area contributed by atoms with E-state index in [2.05, 4.69) is 6.07 Å². The second-order valence-corrected chi connectivity index (χ2v) is 3.84. The van der Waals surface area contributed by atoms with Crippen molar-refractivity contribution in [3.05, 3.63) is 29.3 Å². The number of hydrogen-bond donors (Lipinski definition) is 2. The van der Waals surface area contributed by atoms with Crippen molar-refractivity contribution in [2.45, 2.75) is 33.4 Å². The molecule has 0 unspecified atom stereocenters. The van der Waals surface area contributed by atoms with Gasteiger partial charge in [0.15, 0.2) is 0 Å². The van der Waals surface area contributed by atoms with E-state index in [1.54, 1.807) is 0 Å². The van der Waals surface area contributed by atoms with E-state index in [4.69, 9.17) is 16.2 Å². The highest BCUT2D eigenvalue weighted by Gasteiger charge is 2.05. The van der Waals surface area contributed by atoms with Gasteiger partial charge >= 0.3 is 0 Å². The number of ether oxygens (including phenoxy) is 1. The second kappa shape index (κ2) is 9.85. The Morgan fingerprint density at radius 1 is 1.22 bits per heavy atom. The SMILES string of the molecule is CC.Cc1cc(CCN)cc(OC[C@H](F)CN)c1. The summed E-state index contributed by atoms with van der Waals surface area (Å²) in [7, 11) is 0. The first-order chi connectivity index (χ1) is 8.65. The normalized spacial score (nSPS) is 11.4. The average molecular weight is 256 g/mol. The number of alkyl halides is 1. The average Bonchev–Trinajstić information content (AvgIpc) is 2.38. The molecule has 0 saturated carbocycles. The summed E-state index contributed by atoms with van der Waals surface area (Å²) in [6.45, 7) is 6.56. The van der Waals surface area contributed by atoms with Gasteiger partial charge < -0.3 is 16.2 Å². The molecule has 0 saturated heterocycles. The zero-order valence-corrected chi connectivity index (χ0v) is 11.6. The van der Waals surface area contributed by atoms with Crippen molar-refractivity contribution < 1.29 is 9.13 Å². The maximum Gasteiger partial charge on any atom is 0.146 e. The second-order valence-electron chi connectivity index (χ2n) is 3.84. The number of nitrogens with two attached hydrogens (primary N) is 2. The molecule has 1 atom stereocenters. The monoisotopic (exact) mass is 256 g/mol. The summed E-state index contributed by atoms with van der Waals surface area (Å²) < 4.78 is 18.2. The van der Waals surface area contributed by atoms with Crippen LogP contribution in [-0.4, -0.2) is 25.9 Å². The van der Waals surface area contributed by atoms with Crippen molar-refractivity contribution in [2.75, 3.05) is 19.7 Å². The Kier molecular flexibility index (Phi) is 9.24. The molecule has 3 nitrogen and oxygen atoms in total. The Morgan fingerprint density at radius 2 is 1.89 bits per heavy atom. The van der Waals surface area contributed by atoms with Gasteiger partial charge in [0, 0.05) is 6.54 Å².